The molecule has 146 valence electrons. The highest BCUT2D eigenvalue weighted by Crippen LogP contribution is 2.54. The molecular weight excluding hydrogens is 340 g/mol. The molecule has 1 atom stereocenters. The summed E-state index contributed by atoms with van der Waals surface area (Å²) in [5, 5.41) is 0. The first kappa shape index (κ1) is 18.4. The average Bonchev–Trinajstić information content (AvgIpc) is 3.20. The Labute approximate surface area is 160 Å². The lowest BCUT2D eigenvalue weighted by Crippen LogP contribution is -2.38. The van der Waals surface area contributed by atoms with E-state index in [1.54, 1.807) is 10.8 Å². The molecule has 0 unspecified atom stereocenters. The van der Waals surface area contributed by atoms with E-state index >= 15 is 0 Å². The first-order valence-corrected chi connectivity index (χ1v) is 10.1. The van der Waals surface area contributed by atoms with Crippen LogP contribution >= 0.6 is 0 Å². The number of aromatic nitrogens is 3. The van der Waals surface area contributed by atoms with Crippen LogP contribution in [-0.2, 0) is 16.8 Å². The van der Waals surface area contributed by atoms with Gasteiger partial charge in [-0.3, -0.25) is 14.5 Å². The largest absolute Gasteiger partial charge is 0.381 e. The van der Waals surface area contributed by atoms with Gasteiger partial charge in [0.05, 0.1) is 6.61 Å². The lowest BCUT2D eigenvalue weighted by molar-refractivity contribution is 0.0414. The van der Waals surface area contributed by atoms with Crippen molar-refractivity contribution in [3.63, 3.8) is 0 Å². The second-order valence-electron chi connectivity index (χ2n) is 8.24. The van der Waals surface area contributed by atoms with E-state index in [0.29, 0.717) is 0 Å². The number of rotatable bonds is 8. The summed E-state index contributed by atoms with van der Waals surface area (Å²) < 4.78 is 7.66. The van der Waals surface area contributed by atoms with Crippen molar-refractivity contribution in [2.24, 2.45) is 5.41 Å². The van der Waals surface area contributed by atoms with Crippen molar-refractivity contribution < 1.29 is 4.74 Å². The molecule has 0 aromatic carbocycles. The Morgan fingerprint density at radius 1 is 1.30 bits per heavy atom. The number of hydrogen-bond donors (Lipinski definition) is 1. The third kappa shape index (κ3) is 3.60. The van der Waals surface area contributed by atoms with Crippen molar-refractivity contribution >= 4 is 0 Å². The minimum Gasteiger partial charge on any atom is -0.381 e. The molecule has 0 bridgehead atoms. The van der Waals surface area contributed by atoms with Crippen LogP contribution in [0.5, 0.6) is 0 Å². The van der Waals surface area contributed by atoms with E-state index in [1.807, 2.05) is 13.1 Å². The first-order chi connectivity index (χ1) is 13.1. The van der Waals surface area contributed by atoms with E-state index in [0.717, 1.165) is 51.4 Å². The maximum absolute atomic E-state index is 11.8. The molecular formula is C21H30N4O2. The van der Waals surface area contributed by atoms with Crippen LogP contribution in [0.25, 0.3) is 0 Å². The molecule has 27 heavy (non-hydrogen) atoms. The zero-order chi connectivity index (χ0) is 18.9. The molecule has 2 aromatic heterocycles. The maximum atomic E-state index is 11.8. The smallest absolute Gasteiger partial charge is 0.325 e. The van der Waals surface area contributed by atoms with Crippen LogP contribution in [0.1, 0.15) is 43.9 Å². The molecule has 1 aliphatic heterocycles. The standard InChI is InChI=1S/C21H30N4O2/c1-3-27-16-20(8-11-24-13-10-22-19(24)26)9-12-25(15-20)21(6-7-21)18-5-4-17(2)23-14-18/h4-5,10,13-14H,3,6-9,11-12,15-16H2,1-2H3,(H,22,26)/t20-/m0/s1. The Kier molecular flexibility index (Phi) is 4.95. The molecule has 6 nitrogen and oxygen atoms in total. The number of aromatic amines is 1. The second kappa shape index (κ2) is 7.24. The molecule has 0 radical (unpaired) electrons. The van der Waals surface area contributed by atoms with Crippen LogP contribution < -0.4 is 5.69 Å². The summed E-state index contributed by atoms with van der Waals surface area (Å²) in [6.07, 6.45) is 10.1. The summed E-state index contributed by atoms with van der Waals surface area (Å²) in [5.74, 6) is 0. The van der Waals surface area contributed by atoms with Gasteiger partial charge >= 0.3 is 5.69 Å². The molecule has 6 heteroatoms. The molecule has 4 rings (SSSR count). The van der Waals surface area contributed by atoms with Crippen LogP contribution in [0.4, 0.5) is 0 Å². The van der Waals surface area contributed by atoms with Gasteiger partial charge in [-0.2, -0.15) is 0 Å². The van der Waals surface area contributed by atoms with Crippen molar-refractivity contribution in [3.05, 3.63) is 52.5 Å². The van der Waals surface area contributed by atoms with Crippen molar-refractivity contribution in [3.8, 4) is 0 Å². The summed E-state index contributed by atoms with van der Waals surface area (Å²) in [5.41, 5.74) is 2.67. The van der Waals surface area contributed by atoms with Crippen LogP contribution in [0.15, 0.2) is 35.5 Å². The van der Waals surface area contributed by atoms with Crippen molar-refractivity contribution in [2.75, 3.05) is 26.3 Å². The molecule has 0 amide bonds. The van der Waals surface area contributed by atoms with E-state index in [1.165, 1.54) is 18.4 Å². The van der Waals surface area contributed by atoms with Gasteiger partial charge in [0.2, 0.25) is 0 Å². The Morgan fingerprint density at radius 2 is 2.15 bits per heavy atom. The number of aryl methyl sites for hydroxylation is 2. The Hall–Kier alpha value is -1.92. The molecule has 1 saturated carbocycles. The highest BCUT2D eigenvalue weighted by Gasteiger charge is 2.54. The molecule has 1 N–H and O–H groups in total. The minimum atomic E-state index is -0.0270. The van der Waals surface area contributed by atoms with Crippen molar-refractivity contribution in [1.82, 2.24) is 19.4 Å². The van der Waals surface area contributed by atoms with Gasteiger partial charge in [-0.05, 0) is 57.7 Å². The normalized spacial score (nSPS) is 24.4. The maximum Gasteiger partial charge on any atom is 0.325 e. The number of nitrogens with one attached hydrogen (secondary N) is 1. The molecule has 2 aromatic rings. The number of hydrogen-bond acceptors (Lipinski definition) is 4. The number of likely N-dealkylation sites (tertiary alicyclic amines) is 1. The highest BCUT2D eigenvalue weighted by molar-refractivity contribution is 5.29. The number of ether oxygens (including phenoxy) is 1. The minimum absolute atomic E-state index is 0.0270. The molecule has 1 aliphatic carbocycles. The molecule has 2 aliphatic rings. The van der Waals surface area contributed by atoms with E-state index < -0.39 is 0 Å². The lowest BCUT2D eigenvalue weighted by Gasteiger charge is -2.33. The third-order valence-electron chi connectivity index (χ3n) is 6.43. The van der Waals surface area contributed by atoms with E-state index in [-0.39, 0.29) is 16.6 Å². The van der Waals surface area contributed by atoms with E-state index in [9.17, 15) is 4.79 Å². The molecule has 3 heterocycles. The fraction of sp³-hybridized carbons (Fsp3) is 0.619. The summed E-state index contributed by atoms with van der Waals surface area (Å²) in [6.45, 7) is 8.44. The molecule has 2 fully saturated rings. The SMILES string of the molecule is CCOC[C@@]1(CCn2cc[nH]c2=O)CCN(C2(c3ccc(C)nc3)CC2)C1. The van der Waals surface area contributed by atoms with Gasteiger partial charge < -0.3 is 9.72 Å². The zero-order valence-electron chi connectivity index (χ0n) is 16.4. The first-order valence-electron chi connectivity index (χ1n) is 10.1. The van der Waals surface area contributed by atoms with Gasteiger partial charge in [0.25, 0.3) is 0 Å². The van der Waals surface area contributed by atoms with Crippen LogP contribution in [0.3, 0.4) is 0 Å². The second-order valence-corrected chi connectivity index (χ2v) is 8.24. The number of pyridine rings is 1. The van der Waals surface area contributed by atoms with Gasteiger partial charge in [-0.1, -0.05) is 6.07 Å². The quantitative estimate of drug-likeness (QED) is 0.776. The summed E-state index contributed by atoms with van der Waals surface area (Å²) in [7, 11) is 0. The van der Waals surface area contributed by atoms with Crippen LogP contribution in [-0.4, -0.2) is 45.7 Å². The van der Waals surface area contributed by atoms with Crippen molar-refractivity contribution in [2.45, 2.75) is 51.6 Å². The van der Waals surface area contributed by atoms with Gasteiger partial charge in [0.1, 0.15) is 0 Å². The average molecular weight is 370 g/mol. The Bertz CT molecular complexity index is 821. The molecule has 0 spiro atoms. The monoisotopic (exact) mass is 370 g/mol. The number of H-pyrrole nitrogens is 1. The van der Waals surface area contributed by atoms with E-state index in [2.05, 4.69) is 40.1 Å². The number of nitrogens with zero attached hydrogens (tertiary/aromatic N) is 3. The van der Waals surface area contributed by atoms with E-state index in [4.69, 9.17) is 4.74 Å². The van der Waals surface area contributed by atoms with Crippen LogP contribution in [0.2, 0.25) is 0 Å². The summed E-state index contributed by atoms with van der Waals surface area (Å²) >= 11 is 0. The summed E-state index contributed by atoms with van der Waals surface area (Å²) in [6, 6.07) is 4.37. The third-order valence-corrected chi connectivity index (χ3v) is 6.43. The zero-order valence-corrected chi connectivity index (χ0v) is 16.4. The Morgan fingerprint density at radius 3 is 2.78 bits per heavy atom. The lowest BCUT2D eigenvalue weighted by atomic mass is 9.84. The predicted molar refractivity (Wildman–Crippen MR) is 105 cm³/mol. The predicted octanol–water partition coefficient (Wildman–Crippen LogP) is 2.69. The fourth-order valence-electron chi connectivity index (χ4n) is 4.54. The van der Waals surface area contributed by atoms with Gasteiger partial charge in [-0.15, -0.1) is 0 Å². The fourth-order valence-corrected chi connectivity index (χ4v) is 4.54. The van der Waals surface area contributed by atoms with Crippen LogP contribution in [0, 0.1) is 12.3 Å². The summed E-state index contributed by atoms with van der Waals surface area (Å²) in [4.78, 5) is 21.8. The van der Waals surface area contributed by atoms with Gasteiger partial charge in [0.15, 0.2) is 0 Å². The highest BCUT2D eigenvalue weighted by atomic mass is 16.5. The number of imidazole rings is 1. The van der Waals surface area contributed by atoms with Gasteiger partial charge in [0, 0.05) is 54.9 Å². The van der Waals surface area contributed by atoms with Gasteiger partial charge in [-0.25, -0.2) is 4.79 Å². The topological polar surface area (TPSA) is 63.1 Å². The Balaban J connectivity index is 1.50. The van der Waals surface area contributed by atoms with Crippen molar-refractivity contribution in [1.29, 1.82) is 0 Å². The molecule has 1 saturated heterocycles.